The van der Waals surface area contributed by atoms with Crippen molar-refractivity contribution in [2.45, 2.75) is 25.9 Å². The largest absolute Gasteiger partial charge is 0.391 e. The molecule has 17 heavy (non-hydrogen) atoms. The SMILES string of the molecule is CC(=O)c1ccc(N2CCCC(O)C2)c(Cl)c1. The molecule has 1 N–H and O–H groups in total. The van der Waals surface area contributed by atoms with Crippen LogP contribution in [0.15, 0.2) is 18.2 Å². The number of hydrogen-bond donors (Lipinski definition) is 1. The minimum absolute atomic E-state index is 0.0112. The second kappa shape index (κ2) is 5.07. The molecule has 1 aromatic rings. The van der Waals surface area contributed by atoms with Crippen molar-refractivity contribution in [1.82, 2.24) is 0 Å². The molecule has 1 fully saturated rings. The van der Waals surface area contributed by atoms with Gasteiger partial charge in [-0.2, -0.15) is 0 Å². The van der Waals surface area contributed by atoms with Gasteiger partial charge in [-0.1, -0.05) is 11.6 Å². The quantitative estimate of drug-likeness (QED) is 0.824. The van der Waals surface area contributed by atoms with Crippen LogP contribution >= 0.6 is 11.6 Å². The Hall–Kier alpha value is -1.06. The van der Waals surface area contributed by atoms with Crippen LogP contribution < -0.4 is 4.90 Å². The zero-order valence-corrected chi connectivity index (χ0v) is 10.6. The maximum atomic E-state index is 11.2. The summed E-state index contributed by atoms with van der Waals surface area (Å²) in [5.74, 6) is 0.0112. The van der Waals surface area contributed by atoms with Crippen molar-refractivity contribution in [2.24, 2.45) is 0 Å². The van der Waals surface area contributed by atoms with Crippen LogP contribution in [-0.4, -0.2) is 30.1 Å². The van der Waals surface area contributed by atoms with Crippen LogP contribution in [0, 0.1) is 0 Å². The summed E-state index contributed by atoms with van der Waals surface area (Å²) < 4.78 is 0. The minimum Gasteiger partial charge on any atom is -0.391 e. The molecule has 0 aliphatic carbocycles. The third kappa shape index (κ3) is 2.79. The van der Waals surface area contributed by atoms with Crippen LogP contribution in [0.3, 0.4) is 0 Å². The van der Waals surface area contributed by atoms with Crippen LogP contribution in [0.25, 0.3) is 0 Å². The van der Waals surface area contributed by atoms with Gasteiger partial charge in [0.15, 0.2) is 5.78 Å². The number of rotatable bonds is 2. The zero-order valence-electron chi connectivity index (χ0n) is 9.82. The van der Waals surface area contributed by atoms with Crippen molar-refractivity contribution in [3.8, 4) is 0 Å². The zero-order chi connectivity index (χ0) is 12.4. The molecule has 4 heteroatoms. The van der Waals surface area contributed by atoms with Crippen LogP contribution in [-0.2, 0) is 0 Å². The number of halogens is 1. The van der Waals surface area contributed by atoms with Gasteiger partial charge in [0.2, 0.25) is 0 Å². The highest BCUT2D eigenvalue weighted by atomic mass is 35.5. The Morgan fingerprint density at radius 1 is 1.53 bits per heavy atom. The van der Waals surface area contributed by atoms with Crippen LogP contribution in [0.2, 0.25) is 5.02 Å². The van der Waals surface area contributed by atoms with Gasteiger partial charge >= 0.3 is 0 Å². The number of aliphatic hydroxyl groups excluding tert-OH is 1. The molecule has 1 aliphatic heterocycles. The molecule has 0 aromatic heterocycles. The van der Waals surface area contributed by atoms with E-state index in [9.17, 15) is 9.90 Å². The molecule has 1 heterocycles. The van der Waals surface area contributed by atoms with Crippen molar-refractivity contribution < 1.29 is 9.90 Å². The number of carbonyl (C=O) groups excluding carboxylic acids is 1. The third-order valence-corrected chi connectivity index (χ3v) is 3.39. The Morgan fingerprint density at radius 3 is 2.88 bits per heavy atom. The van der Waals surface area contributed by atoms with Crippen molar-refractivity contribution >= 4 is 23.1 Å². The highest BCUT2D eigenvalue weighted by Crippen LogP contribution is 2.29. The number of Topliss-reactive ketones (excluding diaryl/α,β-unsaturated/α-hetero) is 1. The summed E-state index contributed by atoms with van der Waals surface area (Å²) in [6, 6.07) is 5.34. The topological polar surface area (TPSA) is 40.5 Å². The van der Waals surface area contributed by atoms with E-state index in [1.54, 1.807) is 12.1 Å². The Morgan fingerprint density at radius 2 is 2.29 bits per heavy atom. The minimum atomic E-state index is -0.285. The summed E-state index contributed by atoms with van der Waals surface area (Å²) in [7, 11) is 0. The lowest BCUT2D eigenvalue weighted by molar-refractivity contribution is 0.101. The summed E-state index contributed by atoms with van der Waals surface area (Å²) in [6.45, 7) is 3.03. The average Bonchev–Trinajstić information content (AvgIpc) is 2.28. The smallest absolute Gasteiger partial charge is 0.159 e. The van der Waals surface area contributed by atoms with Gasteiger partial charge in [-0.15, -0.1) is 0 Å². The monoisotopic (exact) mass is 253 g/mol. The van der Waals surface area contributed by atoms with Gasteiger partial charge in [-0.05, 0) is 38.0 Å². The van der Waals surface area contributed by atoms with Gasteiger partial charge in [-0.25, -0.2) is 0 Å². The standard InChI is InChI=1S/C13H16ClNO2/c1-9(16)10-4-5-13(12(14)7-10)15-6-2-3-11(17)8-15/h4-5,7,11,17H,2-3,6,8H2,1H3. The maximum Gasteiger partial charge on any atom is 0.159 e. The molecular formula is C13H16ClNO2. The Bertz CT molecular complexity index is 433. The molecule has 92 valence electrons. The van der Waals surface area contributed by atoms with E-state index in [-0.39, 0.29) is 11.9 Å². The molecule has 3 nitrogen and oxygen atoms in total. The van der Waals surface area contributed by atoms with E-state index >= 15 is 0 Å². The molecule has 1 saturated heterocycles. The Kier molecular flexibility index (Phi) is 3.69. The van der Waals surface area contributed by atoms with Gasteiger partial charge in [0.25, 0.3) is 0 Å². The number of nitrogens with zero attached hydrogens (tertiary/aromatic N) is 1. The van der Waals surface area contributed by atoms with Gasteiger partial charge in [0.05, 0.1) is 16.8 Å². The molecular weight excluding hydrogens is 238 g/mol. The van der Waals surface area contributed by atoms with E-state index in [4.69, 9.17) is 11.6 Å². The second-order valence-electron chi connectivity index (χ2n) is 4.46. The van der Waals surface area contributed by atoms with Gasteiger partial charge < -0.3 is 10.0 Å². The molecule has 0 saturated carbocycles. The first-order valence-corrected chi connectivity index (χ1v) is 6.19. The first-order chi connectivity index (χ1) is 8.08. The van der Waals surface area contributed by atoms with E-state index in [1.807, 2.05) is 6.07 Å². The molecule has 0 amide bonds. The molecule has 1 aliphatic rings. The van der Waals surface area contributed by atoms with E-state index in [1.165, 1.54) is 6.92 Å². The van der Waals surface area contributed by atoms with Crippen molar-refractivity contribution in [1.29, 1.82) is 0 Å². The molecule has 0 radical (unpaired) electrons. The normalized spacial score (nSPS) is 20.4. The number of piperidine rings is 1. The first-order valence-electron chi connectivity index (χ1n) is 5.81. The summed E-state index contributed by atoms with van der Waals surface area (Å²) in [5, 5.41) is 10.2. The molecule has 1 unspecified atom stereocenters. The number of benzene rings is 1. The fraction of sp³-hybridized carbons (Fsp3) is 0.462. The van der Waals surface area contributed by atoms with E-state index in [0.717, 1.165) is 25.1 Å². The maximum absolute atomic E-state index is 11.2. The first kappa shape index (κ1) is 12.4. The van der Waals surface area contributed by atoms with E-state index in [2.05, 4.69) is 4.90 Å². The van der Waals surface area contributed by atoms with Gasteiger partial charge in [0, 0.05) is 18.7 Å². The van der Waals surface area contributed by atoms with Crippen molar-refractivity contribution in [2.75, 3.05) is 18.0 Å². The molecule has 1 aromatic carbocycles. The number of aliphatic hydroxyl groups is 1. The lowest BCUT2D eigenvalue weighted by Gasteiger charge is -2.32. The summed E-state index contributed by atoms with van der Waals surface area (Å²) in [4.78, 5) is 13.3. The summed E-state index contributed by atoms with van der Waals surface area (Å²) in [5.41, 5.74) is 1.52. The van der Waals surface area contributed by atoms with Crippen molar-refractivity contribution in [3.05, 3.63) is 28.8 Å². The highest BCUT2D eigenvalue weighted by molar-refractivity contribution is 6.33. The average molecular weight is 254 g/mol. The number of β-amino-alcohol motifs (C(OH)–C–C–N with tert-alkyl or cyclic N) is 1. The van der Waals surface area contributed by atoms with Gasteiger partial charge in [-0.3, -0.25) is 4.79 Å². The predicted molar refractivity (Wildman–Crippen MR) is 68.9 cm³/mol. The number of carbonyl (C=O) groups is 1. The lowest BCUT2D eigenvalue weighted by atomic mass is 10.1. The number of anilines is 1. The number of hydrogen-bond acceptors (Lipinski definition) is 3. The second-order valence-corrected chi connectivity index (χ2v) is 4.87. The van der Waals surface area contributed by atoms with Crippen LogP contribution in [0.4, 0.5) is 5.69 Å². The Labute approximate surface area is 106 Å². The lowest BCUT2D eigenvalue weighted by Crippen LogP contribution is -2.38. The van der Waals surface area contributed by atoms with Crippen LogP contribution in [0.1, 0.15) is 30.1 Å². The molecule has 2 rings (SSSR count). The summed E-state index contributed by atoms with van der Waals surface area (Å²) >= 11 is 6.18. The van der Waals surface area contributed by atoms with Crippen molar-refractivity contribution in [3.63, 3.8) is 0 Å². The number of ketones is 1. The fourth-order valence-electron chi connectivity index (χ4n) is 2.16. The molecule has 0 bridgehead atoms. The third-order valence-electron chi connectivity index (χ3n) is 3.09. The van der Waals surface area contributed by atoms with Gasteiger partial charge in [0.1, 0.15) is 0 Å². The molecule has 0 spiro atoms. The fourth-order valence-corrected chi connectivity index (χ4v) is 2.46. The predicted octanol–water partition coefficient (Wildman–Crippen LogP) is 2.50. The molecule has 1 atom stereocenters. The van der Waals surface area contributed by atoms with E-state index in [0.29, 0.717) is 17.1 Å². The van der Waals surface area contributed by atoms with E-state index < -0.39 is 0 Å². The van der Waals surface area contributed by atoms with Crippen LogP contribution in [0.5, 0.6) is 0 Å². The Balaban J connectivity index is 2.23. The highest BCUT2D eigenvalue weighted by Gasteiger charge is 2.19. The summed E-state index contributed by atoms with van der Waals surface area (Å²) in [6.07, 6.45) is 1.53.